The highest BCUT2D eigenvalue weighted by molar-refractivity contribution is 5.68. The molecular weight excluding hydrogens is 208 g/mol. The normalized spacial score (nSPS) is 27.6. The van der Waals surface area contributed by atoms with Crippen LogP contribution in [0.5, 0.6) is 0 Å². The van der Waals surface area contributed by atoms with Crippen LogP contribution in [0.2, 0.25) is 0 Å². The van der Waals surface area contributed by atoms with E-state index in [0.717, 1.165) is 6.54 Å². The Balaban J connectivity index is 2.45. The zero-order valence-electron chi connectivity index (χ0n) is 10.5. The summed E-state index contributed by atoms with van der Waals surface area (Å²) in [6.07, 6.45) is 0.157. The molecule has 0 aromatic heterocycles. The van der Waals surface area contributed by atoms with Crippen molar-refractivity contribution in [1.29, 1.82) is 0 Å². The molecule has 5 heteroatoms. The van der Waals surface area contributed by atoms with Gasteiger partial charge in [0.1, 0.15) is 5.60 Å². The number of hydrogen-bond donors (Lipinski definition) is 3. The first kappa shape index (κ1) is 13.3. The summed E-state index contributed by atoms with van der Waals surface area (Å²) in [6.45, 7) is 8.49. The van der Waals surface area contributed by atoms with Gasteiger partial charge in [0.15, 0.2) is 0 Å². The zero-order chi connectivity index (χ0) is 12.4. The Morgan fingerprint density at radius 1 is 1.56 bits per heavy atom. The molecular formula is C11H22N2O3. The van der Waals surface area contributed by atoms with E-state index < -0.39 is 17.3 Å². The fourth-order valence-corrected chi connectivity index (χ4v) is 1.69. The Hall–Kier alpha value is -0.810. The summed E-state index contributed by atoms with van der Waals surface area (Å²) < 4.78 is 5.13. The van der Waals surface area contributed by atoms with E-state index >= 15 is 0 Å². The first-order chi connectivity index (χ1) is 7.23. The summed E-state index contributed by atoms with van der Waals surface area (Å²) in [5.41, 5.74) is -1.38. The van der Waals surface area contributed by atoms with Crippen LogP contribution in [0.15, 0.2) is 0 Å². The minimum Gasteiger partial charge on any atom is -0.444 e. The van der Waals surface area contributed by atoms with Crippen molar-refractivity contribution in [1.82, 2.24) is 10.6 Å². The summed E-state index contributed by atoms with van der Waals surface area (Å²) in [7, 11) is 0. The number of amides is 1. The molecule has 0 saturated carbocycles. The average Bonchev–Trinajstić information content (AvgIpc) is 2.49. The number of carbonyl (C=O) groups is 1. The van der Waals surface area contributed by atoms with Gasteiger partial charge in [-0.1, -0.05) is 0 Å². The molecule has 0 aromatic rings. The predicted octanol–water partition coefficient (Wildman–Crippen LogP) is 0.624. The van der Waals surface area contributed by atoms with E-state index in [9.17, 15) is 9.90 Å². The van der Waals surface area contributed by atoms with Crippen molar-refractivity contribution < 1.29 is 14.6 Å². The summed E-state index contributed by atoms with van der Waals surface area (Å²) in [4.78, 5) is 11.5. The van der Waals surface area contributed by atoms with Gasteiger partial charge in [-0.25, -0.2) is 4.79 Å². The van der Waals surface area contributed by atoms with Crippen LogP contribution in [-0.4, -0.2) is 41.5 Å². The molecule has 1 heterocycles. The standard InChI is InChI=1S/C11H22N2O3/c1-8(11(15)5-6-12-7-11)13-9(14)16-10(2,3)4/h8,12,15H,5-7H2,1-4H3,(H,13,14). The van der Waals surface area contributed by atoms with Crippen molar-refractivity contribution in [2.45, 2.75) is 51.4 Å². The maximum absolute atomic E-state index is 11.5. The number of β-amino-alcohol motifs (C(OH)–C–C–N with tert-alkyl or cyclic N) is 1. The minimum atomic E-state index is -0.864. The molecule has 0 aliphatic carbocycles. The van der Waals surface area contributed by atoms with Crippen LogP contribution in [0.1, 0.15) is 34.1 Å². The molecule has 1 aliphatic rings. The number of aliphatic hydroxyl groups is 1. The molecule has 1 fully saturated rings. The highest BCUT2D eigenvalue weighted by Crippen LogP contribution is 2.19. The highest BCUT2D eigenvalue weighted by Gasteiger charge is 2.38. The number of hydrogen-bond acceptors (Lipinski definition) is 4. The van der Waals surface area contributed by atoms with Crippen LogP contribution in [-0.2, 0) is 4.74 Å². The second-order valence-electron chi connectivity index (χ2n) is 5.40. The van der Waals surface area contributed by atoms with Gasteiger partial charge < -0.3 is 20.5 Å². The molecule has 1 aliphatic heterocycles. The van der Waals surface area contributed by atoms with Crippen LogP contribution in [0, 0.1) is 0 Å². The quantitative estimate of drug-likeness (QED) is 0.650. The maximum Gasteiger partial charge on any atom is 0.407 e. The topological polar surface area (TPSA) is 70.6 Å². The first-order valence-corrected chi connectivity index (χ1v) is 5.65. The Morgan fingerprint density at radius 3 is 2.62 bits per heavy atom. The van der Waals surface area contributed by atoms with Crippen molar-refractivity contribution in [3.05, 3.63) is 0 Å². The predicted molar refractivity (Wildman–Crippen MR) is 61.3 cm³/mol. The SMILES string of the molecule is CC(NC(=O)OC(C)(C)C)C1(O)CCNC1. The fourth-order valence-electron chi connectivity index (χ4n) is 1.69. The Bertz CT molecular complexity index is 254. The van der Waals surface area contributed by atoms with Gasteiger partial charge in [-0.15, -0.1) is 0 Å². The van der Waals surface area contributed by atoms with Gasteiger partial charge in [0, 0.05) is 6.54 Å². The van der Waals surface area contributed by atoms with Gasteiger partial charge in [0.05, 0.1) is 11.6 Å². The molecule has 1 amide bonds. The fraction of sp³-hybridized carbons (Fsp3) is 0.909. The summed E-state index contributed by atoms with van der Waals surface area (Å²) >= 11 is 0. The molecule has 5 nitrogen and oxygen atoms in total. The summed E-state index contributed by atoms with van der Waals surface area (Å²) in [5, 5.41) is 15.9. The van der Waals surface area contributed by atoms with Crippen molar-refractivity contribution in [2.24, 2.45) is 0 Å². The number of alkyl carbamates (subject to hydrolysis) is 1. The summed E-state index contributed by atoms with van der Waals surface area (Å²) in [6, 6.07) is -0.322. The van der Waals surface area contributed by atoms with Crippen LogP contribution >= 0.6 is 0 Å². The van der Waals surface area contributed by atoms with E-state index in [1.54, 1.807) is 6.92 Å². The van der Waals surface area contributed by atoms with Gasteiger partial charge >= 0.3 is 6.09 Å². The third kappa shape index (κ3) is 3.64. The van der Waals surface area contributed by atoms with Gasteiger partial charge in [-0.3, -0.25) is 0 Å². The lowest BCUT2D eigenvalue weighted by atomic mass is 9.95. The lowest BCUT2D eigenvalue weighted by Crippen LogP contribution is -2.53. The second-order valence-corrected chi connectivity index (χ2v) is 5.40. The number of carbonyl (C=O) groups excluding carboxylic acids is 1. The number of nitrogens with one attached hydrogen (secondary N) is 2. The molecule has 0 aromatic carbocycles. The van der Waals surface area contributed by atoms with Gasteiger partial charge in [0.2, 0.25) is 0 Å². The molecule has 16 heavy (non-hydrogen) atoms. The van der Waals surface area contributed by atoms with E-state index in [0.29, 0.717) is 13.0 Å². The highest BCUT2D eigenvalue weighted by atomic mass is 16.6. The van der Waals surface area contributed by atoms with E-state index in [1.807, 2.05) is 20.8 Å². The van der Waals surface area contributed by atoms with Crippen molar-refractivity contribution in [2.75, 3.05) is 13.1 Å². The molecule has 0 radical (unpaired) electrons. The van der Waals surface area contributed by atoms with Gasteiger partial charge in [-0.2, -0.15) is 0 Å². The molecule has 1 rings (SSSR count). The average molecular weight is 230 g/mol. The van der Waals surface area contributed by atoms with Crippen LogP contribution in [0.3, 0.4) is 0 Å². The van der Waals surface area contributed by atoms with Crippen LogP contribution in [0.25, 0.3) is 0 Å². The Morgan fingerprint density at radius 2 is 2.19 bits per heavy atom. The Labute approximate surface area is 96.6 Å². The third-order valence-electron chi connectivity index (χ3n) is 2.71. The molecule has 0 bridgehead atoms. The van der Waals surface area contributed by atoms with E-state index in [2.05, 4.69) is 10.6 Å². The summed E-state index contributed by atoms with van der Waals surface area (Å²) in [5.74, 6) is 0. The van der Waals surface area contributed by atoms with Crippen molar-refractivity contribution >= 4 is 6.09 Å². The third-order valence-corrected chi connectivity index (χ3v) is 2.71. The second kappa shape index (κ2) is 4.59. The molecule has 1 saturated heterocycles. The van der Waals surface area contributed by atoms with Crippen molar-refractivity contribution in [3.8, 4) is 0 Å². The monoisotopic (exact) mass is 230 g/mol. The maximum atomic E-state index is 11.5. The lowest BCUT2D eigenvalue weighted by molar-refractivity contribution is 0.0115. The molecule has 94 valence electrons. The zero-order valence-corrected chi connectivity index (χ0v) is 10.5. The van der Waals surface area contributed by atoms with E-state index in [-0.39, 0.29) is 6.04 Å². The number of ether oxygens (including phenoxy) is 1. The van der Waals surface area contributed by atoms with Crippen LogP contribution < -0.4 is 10.6 Å². The van der Waals surface area contributed by atoms with E-state index in [1.165, 1.54) is 0 Å². The van der Waals surface area contributed by atoms with Gasteiger partial charge in [0.25, 0.3) is 0 Å². The molecule has 2 atom stereocenters. The molecule has 0 spiro atoms. The smallest absolute Gasteiger partial charge is 0.407 e. The van der Waals surface area contributed by atoms with E-state index in [4.69, 9.17) is 4.74 Å². The molecule has 3 N–H and O–H groups in total. The van der Waals surface area contributed by atoms with Crippen LogP contribution in [0.4, 0.5) is 4.79 Å². The Kier molecular flexibility index (Phi) is 3.80. The number of rotatable bonds is 2. The largest absolute Gasteiger partial charge is 0.444 e. The van der Waals surface area contributed by atoms with Gasteiger partial charge in [-0.05, 0) is 40.7 Å². The minimum absolute atomic E-state index is 0.322. The molecule has 2 unspecified atom stereocenters. The first-order valence-electron chi connectivity index (χ1n) is 5.65. The van der Waals surface area contributed by atoms with Crippen molar-refractivity contribution in [3.63, 3.8) is 0 Å². The lowest BCUT2D eigenvalue weighted by Gasteiger charge is -2.30.